The number of benzene rings is 2. The molecule has 5 N–H and O–H groups in total. The van der Waals surface area contributed by atoms with E-state index < -0.39 is 5.91 Å². The number of piperidine rings is 1. The third-order valence-electron chi connectivity index (χ3n) is 10.9. The number of Topliss-reactive ketones (excluding diaryl/α,β-unsaturated/α-hetero) is 2. The molecular weight excluding hydrogens is 784 g/mol. The molecule has 16 heteroatoms. The number of nitrogens with zero attached hydrogens (tertiary/aromatic N) is 7. The van der Waals surface area contributed by atoms with E-state index in [2.05, 4.69) is 49.5 Å². The topological polar surface area (TPSA) is 195 Å². The van der Waals surface area contributed by atoms with Crippen LogP contribution in [0.4, 0.5) is 11.6 Å². The number of hydrogen-bond donors (Lipinski definition) is 3. The maximum atomic E-state index is 13.3. The van der Waals surface area contributed by atoms with E-state index in [9.17, 15) is 14.4 Å². The van der Waals surface area contributed by atoms with Gasteiger partial charge in [0.15, 0.2) is 34.0 Å². The van der Waals surface area contributed by atoms with E-state index >= 15 is 0 Å². The van der Waals surface area contributed by atoms with Crippen molar-refractivity contribution in [3.05, 3.63) is 107 Å². The van der Waals surface area contributed by atoms with Crippen LogP contribution in [0.15, 0.2) is 73.6 Å². The number of quaternary nitrogens is 1. The number of carbonyl (C=O) groups excluding carboxylic acids is 3. The number of amides is 1. The molecule has 0 bridgehead atoms. The monoisotopic (exact) mass is 839 g/mol. The average Bonchev–Trinajstić information content (AvgIpc) is 3.86. The van der Waals surface area contributed by atoms with Gasteiger partial charge in [0, 0.05) is 52.2 Å². The Balaban J connectivity index is 1.01. The number of ketones is 2. The first-order valence-electron chi connectivity index (χ1n) is 20.6. The second-order valence-corrected chi connectivity index (χ2v) is 16.2. The molecule has 15 nitrogen and oxygen atoms in total. The molecule has 0 unspecified atom stereocenters. The van der Waals surface area contributed by atoms with Crippen molar-refractivity contribution < 1.29 is 28.3 Å². The Morgan fingerprint density at radius 1 is 0.767 bits per heavy atom. The summed E-state index contributed by atoms with van der Waals surface area (Å²) in [7, 11) is 3.82. The number of anilines is 2. The van der Waals surface area contributed by atoms with Gasteiger partial charge in [-0.3, -0.25) is 14.4 Å². The van der Waals surface area contributed by atoms with Crippen LogP contribution in [-0.4, -0.2) is 96.5 Å². The first-order chi connectivity index (χ1) is 28.9. The van der Waals surface area contributed by atoms with Crippen LogP contribution in [0.2, 0.25) is 5.15 Å². The summed E-state index contributed by atoms with van der Waals surface area (Å²) in [4.78, 5) is 54.9. The summed E-state index contributed by atoms with van der Waals surface area (Å²) in [6.07, 6.45) is 14.7. The van der Waals surface area contributed by atoms with E-state index in [1.807, 2.05) is 59.9 Å². The summed E-state index contributed by atoms with van der Waals surface area (Å²) in [6, 6.07) is 15.9. The molecule has 318 valence electrons. The minimum absolute atomic E-state index is 0.0198. The molecule has 1 aliphatic rings. The minimum atomic E-state index is -0.415. The molecule has 2 aromatic carbocycles. The van der Waals surface area contributed by atoms with Gasteiger partial charge in [0.1, 0.15) is 24.7 Å². The predicted molar refractivity (Wildman–Crippen MR) is 230 cm³/mol. The Kier molecular flexibility index (Phi) is 15.3. The summed E-state index contributed by atoms with van der Waals surface area (Å²) < 4.78 is 16.2. The van der Waals surface area contributed by atoms with Crippen LogP contribution in [0, 0.1) is 0 Å². The summed E-state index contributed by atoms with van der Waals surface area (Å²) in [5, 5.41) is 3.10. The van der Waals surface area contributed by atoms with Crippen molar-refractivity contribution in [2.24, 2.45) is 14.1 Å². The van der Waals surface area contributed by atoms with Crippen LogP contribution < -0.4 is 26.3 Å². The van der Waals surface area contributed by atoms with Crippen molar-refractivity contribution in [2.75, 3.05) is 50.9 Å². The van der Waals surface area contributed by atoms with Crippen molar-refractivity contribution in [3.63, 3.8) is 0 Å². The molecule has 4 heterocycles. The molecule has 0 spiro atoms. The fraction of sp³-hybridized carbons (Fsp3) is 0.432. The fourth-order valence-electron chi connectivity index (χ4n) is 7.76. The number of nitrogen functional groups attached to an aromatic ring is 2. The molecule has 6 rings (SSSR count). The Morgan fingerprint density at radius 3 is 1.77 bits per heavy atom. The van der Waals surface area contributed by atoms with Crippen molar-refractivity contribution in [2.45, 2.75) is 70.3 Å². The summed E-state index contributed by atoms with van der Waals surface area (Å²) >= 11 is 6.09. The van der Waals surface area contributed by atoms with Crippen LogP contribution >= 0.6 is 11.6 Å². The fourth-order valence-corrected chi connectivity index (χ4v) is 7.89. The first kappa shape index (κ1) is 43.8. The standard InChI is InChI=1S/C44H55ClN10O5/c1-53-24-33(48-29-53)13-15-36(56)27-59-38-17-9-31(10-18-38)6-3-21-55(23-5-8-35(26-55)50-44(58)40-42(46)52-43(47)41(45)51-40)22-4-7-32-11-19-39(20-12-32)60-28-37(57)16-14-34-25-54(2)30-49-34/h9-12,17-20,24-25,29-30,35H,3-8,13-16,21-23,26-28H2,1-2H3,(H4-,46,47,50,52,58)/p+1/t35-/m0/s1. The van der Waals surface area contributed by atoms with Gasteiger partial charge in [-0.05, 0) is 73.9 Å². The van der Waals surface area contributed by atoms with Crippen LogP contribution in [0.5, 0.6) is 11.5 Å². The number of nitrogens with two attached hydrogens (primary N) is 2. The highest BCUT2D eigenvalue weighted by Crippen LogP contribution is 2.25. The van der Waals surface area contributed by atoms with Gasteiger partial charge in [-0.25, -0.2) is 19.9 Å². The second-order valence-electron chi connectivity index (χ2n) is 15.9. The maximum Gasteiger partial charge on any atom is 0.274 e. The van der Waals surface area contributed by atoms with Gasteiger partial charge in [-0.1, -0.05) is 35.9 Å². The van der Waals surface area contributed by atoms with Gasteiger partial charge in [0.05, 0.1) is 56.3 Å². The lowest BCUT2D eigenvalue weighted by Gasteiger charge is -2.45. The molecule has 1 atom stereocenters. The zero-order chi connectivity index (χ0) is 42.5. The molecule has 1 amide bonds. The number of aromatic nitrogens is 6. The van der Waals surface area contributed by atoms with Crippen molar-refractivity contribution >= 4 is 40.7 Å². The van der Waals surface area contributed by atoms with Crippen molar-refractivity contribution in [1.29, 1.82) is 0 Å². The Morgan fingerprint density at radius 2 is 1.28 bits per heavy atom. The molecule has 1 fully saturated rings. The maximum absolute atomic E-state index is 13.3. The van der Waals surface area contributed by atoms with E-state index in [1.165, 1.54) is 11.1 Å². The lowest BCUT2D eigenvalue weighted by molar-refractivity contribution is -0.933. The molecular formula is C44H56ClN10O5+. The first-order valence-corrected chi connectivity index (χ1v) is 20.9. The Bertz CT molecular complexity index is 2100. The van der Waals surface area contributed by atoms with E-state index in [0.29, 0.717) is 37.2 Å². The molecule has 60 heavy (non-hydrogen) atoms. The lowest BCUT2D eigenvalue weighted by Crippen LogP contribution is -2.60. The SMILES string of the molecule is Cn1cnc(CCC(=O)COc2ccc(CCC[N+]3(CCCc4ccc(OCC(=O)CCc5cn(C)cn5)cc4)CCC[C@H](NC(=O)c4nc(Cl)c(N)nc4N)C3)cc2)c1. The van der Waals surface area contributed by atoms with Gasteiger partial charge in [0.25, 0.3) is 5.91 Å². The smallest absolute Gasteiger partial charge is 0.274 e. The number of rotatable bonds is 22. The molecule has 0 radical (unpaired) electrons. The highest BCUT2D eigenvalue weighted by molar-refractivity contribution is 6.31. The lowest BCUT2D eigenvalue weighted by atomic mass is 9.99. The van der Waals surface area contributed by atoms with Gasteiger partial charge in [-0.15, -0.1) is 0 Å². The molecule has 1 saturated heterocycles. The number of carbonyl (C=O) groups is 3. The number of imidazole rings is 2. The van der Waals surface area contributed by atoms with Crippen LogP contribution in [-0.2, 0) is 49.4 Å². The summed E-state index contributed by atoms with van der Waals surface area (Å²) in [5.41, 5.74) is 15.9. The largest absolute Gasteiger partial charge is 0.486 e. The molecule has 0 aliphatic carbocycles. The van der Waals surface area contributed by atoms with E-state index in [4.69, 9.17) is 32.5 Å². The Labute approximate surface area is 356 Å². The third kappa shape index (κ3) is 13.1. The second kappa shape index (κ2) is 20.9. The van der Waals surface area contributed by atoms with E-state index in [0.717, 1.165) is 80.6 Å². The predicted octanol–water partition coefficient (Wildman–Crippen LogP) is 4.90. The molecule has 0 saturated carbocycles. The average molecular weight is 840 g/mol. The third-order valence-corrected chi connectivity index (χ3v) is 11.2. The van der Waals surface area contributed by atoms with Gasteiger partial charge >= 0.3 is 0 Å². The van der Waals surface area contributed by atoms with Crippen LogP contribution in [0.1, 0.15) is 71.5 Å². The van der Waals surface area contributed by atoms with E-state index in [1.54, 1.807) is 12.7 Å². The summed E-state index contributed by atoms with van der Waals surface area (Å²) in [6.45, 7) is 3.70. The number of nitrogens with one attached hydrogen (secondary N) is 1. The Hall–Kier alpha value is -5.80. The molecule has 1 aliphatic heterocycles. The number of aryl methyl sites for hydroxylation is 6. The van der Waals surface area contributed by atoms with Crippen LogP contribution in [0.3, 0.4) is 0 Å². The van der Waals surface area contributed by atoms with Gasteiger partial charge in [-0.2, -0.15) is 0 Å². The highest BCUT2D eigenvalue weighted by atomic mass is 35.5. The molecule has 5 aromatic rings. The van der Waals surface area contributed by atoms with Crippen LogP contribution in [0.25, 0.3) is 0 Å². The van der Waals surface area contributed by atoms with Crippen molar-refractivity contribution in [1.82, 2.24) is 34.4 Å². The zero-order valence-electron chi connectivity index (χ0n) is 34.5. The number of likely N-dealkylation sites (tertiary alicyclic amines) is 1. The quantitative estimate of drug-likeness (QED) is 0.0803. The number of hydrogen-bond acceptors (Lipinski definition) is 11. The van der Waals surface area contributed by atoms with Gasteiger partial charge < -0.3 is 39.9 Å². The summed E-state index contributed by atoms with van der Waals surface area (Å²) in [5.74, 6) is 0.909. The van der Waals surface area contributed by atoms with Crippen molar-refractivity contribution in [3.8, 4) is 11.5 Å². The van der Waals surface area contributed by atoms with Gasteiger partial charge in [0.2, 0.25) is 0 Å². The highest BCUT2D eigenvalue weighted by Gasteiger charge is 2.35. The number of halogens is 1. The number of ether oxygens (including phenoxy) is 2. The molecule has 3 aromatic heterocycles. The zero-order valence-corrected chi connectivity index (χ0v) is 35.3. The minimum Gasteiger partial charge on any atom is -0.486 e. The normalized spacial score (nSPS) is 14.8. The van der Waals surface area contributed by atoms with E-state index in [-0.39, 0.29) is 53.3 Å².